The number of rotatable bonds is 6. The molecule has 1 heterocycles. The summed E-state index contributed by atoms with van der Waals surface area (Å²) in [6, 6.07) is 7.13. The Balaban J connectivity index is 1.84. The fourth-order valence-corrected chi connectivity index (χ4v) is 3.46. The van der Waals surface area contributed by atoms with Gasteiger partial charge in [0.2, 0.25) is 15.9 Å². The predicted octanol–water partition coefficient (Wildman–Crippen LogP) is 0.784. The van der Waals surface area contributed by atoms with Crippen molar-refractivity contribution in [1.29, 1.82) is 0 Å². The molecule has 0 aromatic heterocycles. The van der Waals surface area contributed by atoms with Crippen molar-refractivity contribution in [2.45, 2.75) is 49.6 Å². The van der Waals surface area contributed by atoms with Crippen LogP contribution < -0.4 is 15.4 Å². The largest absolute Gasteiger partial charge is 0.352 e. The van der Waals surface area contributed by atoms with E-state index in [0.717, 1.165) is 24.9 Å². The summed E-state index contributed by atoms with van der Waals surface area (Å²) in [5.74, 6) is 0.0393. The first kappa shape index (κ1) is 17.9. The lowest BCUT2D eigenvalue weighted by Crippen LogP contribution is -2.51. The van der Waals surface area contributed by atoms with E-state index in [9.17, 15) is 13.2 Å². The molecule has 3 N–H and O–H groups in total. The van der Waals surface area contributed by atoms with E-state index in [4.69, 9.17) is 0 Å². The molecule has 0 saturated carbocycles. The van der Waals surface area contributed by atoms with Crippen LogP contribution in [0.25, 0.3) is 0 Å². The lowest BCUT2D eigenvalue weighted by molar-refractivity contribution is -0.122. The van der Waals surface area contributed by atoms with Gasteiger partial charge in [0.05, 0.1) is 4.90 Å². The van der Waals surface area contributed by atoms with Crippen LogP contribution >= 0.6 is 0 Å². The molecule has 1 aliphatic rings. The molecule has 1 aromatic carbocycles. The molecule has 2 atom stereocenters. The molecule has 6 nitrogen and oxygen atoms in total. The van der Waals surface area contributed by atoms with E-state index in [1.54, 1.807) is 24.3 Å². The van der Waals surface area contributed by atoms with Gasteiger partial charge in [-0.15, -0.1) is 0 Å². The summed E-state index contributed by atoms with van der Waals surface area (Å²) in [4.78, 5) is 12.3. The molecular formula is C16H25N3O3S. The first-order valence-electron chi connectivity index (χ1n) is 7.97. The molecule has 0 bridgehead atoms. The van der Waals surface area contributed by atoms with Crippen molar-refractivity contribution in [3.05, 3.63) is 29.8 Å². The summed E-state index contributed by atoms with van der Waals surface area (Å²) in [6.07, 6.45) is 3.09. The number of piperidine rings is 1. The number of carbonyl (C=O) groups excluding carboxylic acids is 1. The molecule has 2 rings (SSSR count). The van der Waals surface area contributed by atoms with Gasteiger partial charge in [0.1, 0.15) is 0 Å². The van der Waals surface area contributed by atoms with Crippen molar-refractivity contribution in [1.82, 2.24) is 15.4 Å². The van der Waals surface area contributed by atoms with E-state index < -0.39 is 10.0 Å². The molecular weight excluding hydrogens is 314 g/mol. The zero-order chi connectivity index (χ0) is 16.9. The second kappa shape index (κ2) is 7.90. The van der Waals surface area contributed by atoms with E-state index in [1.807, 2.05) is 0 Å². The summed E-state index contributed by atoms with van der Waals surface area (Å²) in [7, 11) is -2.02. The molecule has 2 unspecified atom stereocenters. The fourth-order valence-electron chi connectivity index (χ4n) is 2.73. The van der Waals surface area contributed by atoms with Crippen LogP contribution in [-0.4, -0.2) is 40.0 Å². The summed E-state index contributed by atoms with van der Waals surface area (Å²) in [5, 5.41) is 6.44. The quantitative estimate of drug-likeness (QED) is 0.715. The monoisotopic (exact) mass is 339 g/mol. The number of carbonyl (C=O) groups is 1. The van der Waals surface area contributed by atoms with Crippen LogP contribution in [0.1, 0.15) is 31.7 Å². The van der Waals surface area contributed by atoms with Crippen LogP contribution in [0.15, 0.2) is 29.2 Å². The minimum absolute atomic E-state index is 0.0393. The minimum Gasteiger partial charge on any atom is -0.352 e. The van der Waals surface area contributed by atoms with Gasteiger partial charge in [-0.1, -0.05) is 12.1 Å². The average Bonchev–Trinajstić information content (AvgIpc) is 2.55. The number of aryl methyl sites for hydroxylation is 1. The van der Waals surface area contributed by atoms with Crippen LogP contribution in [0.3, 0.4) is 0 Å². The SMILES string of the molecule is CNS(=O)(=O)c1ccc(CCC(=O)NC2CCCNC2C)cc1. The van der Waals surface area contributed by atoms with E-state index in [1.165, 1.54) is 7.05 Å². The van der Waals surface area contributed by atoms with Gasteiger partial charge >= 0.3 is 0 Å². The van der Waals surface area contributed by atoms with Gasteiger partial charge in [-0.3, -0.25) is 4.79 Å². The van der Waals surface area contributed by atoms with Crippen LogP contribution in [0.5, 0.6) is 0 Å². The normalized spacial score (nSPS) is 21.8. The maximum atomic E-state index is 12.1. The van der Waals surface area contributed by atoms with Gasteiger partial charge in [0, 0.05) is 18.5 Å². The molecule has 1 aromatic rings. The molecule has 1 aliphatic heterocycles. The Morgan fingerprint density at radius 2 is 2.00 bits per heavy atom. The first-order chi connectivity index (χ1) is 10.9. The third-order valence-electron chi connectivity index (χ3n) is 4.25. The third kappa shape index (κ3) is 5.02. The fraction of sp³-hybridized carbons (Fsp3) is 0.562. The van der Waals surface area contributed by atoms with Crippen molar-refractivity contribution >= 4 is 15.9 Å². The van der Waals surface area contributed by atoms with Crippen LogP contribution in [-0.2, 0) is 21.2 Å². The molecule has 0 aliphatic carbocycles. The molecule has 1 saturated heterocycles. The Morgan fingerprint density at radius 1 is 1.30 bits per heavy atom. The van der Waals surface area contributed by atoms with Gasteiger partial charge in [-0.2, -0.15) is 0 Å². The summed E-state index contributed by atoms with van der Waals surface area (Å²) in [5.41, 5.74) is 0.949. The zero-order valence-electron chi connectivity index (χ0n) is 13.6. The third-order valence-corrected chi connectivity index (χ3v) is 5.68. The van der Waals surface area contributed by atoms with Crippen molar-refractivity contribution < 1.29 is 13.2 Å². The molecule has 128 valence electrons. The molecule has 23 heavy (non-hydrogen) atoms. The van der Waals surface area contributed by atoms with Gasteiger partial charge in [0.25, 0.3) is 0 Å². The second-order valence-electron chi connectivity index (χ2n) is 5.91. The van der Waals surface area contributed by atoms with Crippen molar-refractivity contribution in [2.75, 3.05) is 13.6 Å². The van der Waals surface area contributed by atoms with Gasteiger partial charge in [0.15, 0.2) is 0 Å². The van der Waals surface area contributed by atoms with E-state index in [2.05, 4.69) is 22.3 Å². The maximum Gasteiger partial charge on any atom is 0.240 e. The highest BCUT2D eigenvalue weighted by Crippen LogP contribution is 2.12. The summed E-state index contributed by atoms with van der Waals surface area (Å²) < 4.78 is 25.6. The highest BCUT2D eigenvalue weighted by atomic mass is 32.2. The van der Waals surface area contributed by atoms with Crippen LogP contribution in [0.2, 0.25) is 0 Å². The molecule has 0 spiro atoms. The van der Waals surface area contributed by atoms with Crippen molar-refractivity contribution in [3.8, 4) is 0 Å². The molecule has 1 amide bonds. The number of amides is 1. The maximum absolute atomic E-state index is 12.1. The van der Waals surface area contributed by atoms with Crippen molar-refractivity contribution in [2.24, 2.45) is 0 Å². The van der Waals surface area contributed by atoms with Crippen LogP contribution in [0, 0.1) is 0 Å². The smallest absolute Gasteiger partial charge is 0.240 e. The highest BCUT2D eigenvalue weighted by Gasteiger charge is 2.22. The number of benzene rings is 1. The Morgan fingerprint density at radius 3 is 2.61 bits per heavy atom. The Hall–Kier alpha value is -1.44. The first-order valence-corrected chi connectivity index (χ1v) is 9.46. The van der Waals surface area contributed by atoms with E-state index >= 15 is 0 Å². The summed E-state index contributed by atoms with van der Waals surface area (Å²) in [6.45, 7) is 3.10. The number of hydrogen-bond donors (Lipinski definition) is 3. The Labute approximate surface area is 138 Å². The van der Waals surface area contributed by atoms with Gasteiger partial charge < -0.3 is 10.6 Å². The Bertz CT molecular complexity index is 628. The van der Waals surface area contributed by atoms with Crippen LogP contribution in [0.4, 0.5) is 0 Å². The Kier molecular flexibility index (Phi) is 6.15. The summed E-state index contributed by atoms with van der Waals surface area (Å²) >= 11 is 0. The molecule has 7 heteroatoms. The zero-order valence-corrected chi connectivity index (χ0v) is 14.4. The van der Waals surface area contributed by atoms with Gasteiger partial charge in [-0.05, 0) is 57.5 Å². The van der Waals surface area contributed by atoms with E-state index in [0.29, 0.717) is 18.9 Å². The lowest BCUT2D eigenvalue weighted by atomic mass is 9.99. The standard InChI is InChI=1S/C16H25N3O3S/c1-12-15(4-3-11-18-12)19-16(20)10-7-13-5-8-14(9-6-13)23(21,22)17-2/h5-6,8-9,12,15,17-18H,3-4,7,10-11H2,1-2H3,(H,19,20). The van der Waals surface area contributed by atoms with Gasteiger partial charge in [-0.25, -0.2) is 13.1 Å². The number of nitrogens with one attached hydrogen (secondary N) is 3. The predicted molar refractivity (Wildman–Crippen MR) is 89.6 cm³/mol. The number of hydrogen-bond acceptors (Lipinski definition) is 4. The van der Waals surface area contributed by atoms with E-state index in [-0.39, 0.29) is 16.8 Å². The lowest BCUT2D eigenvalue weighted by Gasteiger charge is -2.30. The minimum atomic E-state index is -3.41. The molecule has 1 fully saturated rings. The van der Waals surface area contributed by atoms with Crippen molar-refractivity contribution in [3.63, 3.8) is 0 Å². The highest BCUT2D eigenvalue weighted by molar-refractivity contribution is 7.89. The number of sulfonamides is 1. The topological polar surface area (TPSA) is 87.3 Å². The average molecular weight is 339 g/mol. The second-order valence-corrected chi connectivity index (χ2v) is 7.80. The molecule has 0 radical (unpaired) electrons.